The molecular weight excluding hydrogens is 450 g/mol. The number of fused-ring (bicyclic) bond motifs is 1. The SMILES string of the molecule is C=CCc1ccc(OCCn2c([C@H]3CC(=O)N(Cc4ccccc4)C3)nc3ccccc32)c(OC)c1. The summed E-state index contributed by atoms with van der Waals surface area (Å²) < 4.78 is 13.9. The number of ether oxygens (including phenoxy) is 2. The van der Waals surface area contributed by atoms with Gasteiger partial charge in [-0.25, -0.2) is 4.98 Å². The zero-order valence-electron chi connectivity index (χ0n) is 20.6. The summed E-state index contributed by atoms with van der Waals surface area (Å²) >= 11 is 0. The van der Waals surface area contributed by atoms with E-state index in [1.165, 1.54) is 0 Å². The Bertz CT molecular complexity index is 1360. The van der Waals surface area contributed by atoms with Gasteiger partial charge in [0.1, 0.15) is 12.4 Å². The minimum atomic E-state index is 0.0429. The van der Waals surface area contributed by atoms with Gasteiger partial charge in [0, 0.05) is 25.4 Å². The zero-order chi connectivity index (χ0) is 24.9. The summed E-state index contributed by atoms with van der Waals surface area (Å²) in [5, 5.41) is 0. The summed E-state index contributed by atoms with van der Waals surface area (Å²) in [5.41, 5.74) is 4.26. The van der Waals surface area contributed by atoms with Crippen molar-refractivity contribution in [3.8, 4) is 11.5 Å². The highest BCUT2D eigenvalue weighted by atomic mass is 16.5. The molecule has 0 aliphatic carbocycles. The molecule has 184 valence electrons. The molecule has 2 heterocycles. The summed E-state index contributed by atoms with van der Waals surface area (Å²) in [6.07, 6.45) is 3.12. The van der Waals surface area contributed by atoms with E-state index in [2.05, 4.69) is 29.3 Å². The van der Waals surface area contributed by atoms with Gasteiger partial charge >= 0.3 is 0 Å². The minimum Gasteiger partial charge on any atom is -0.493 e. The summed E-state index contributed by atoms with van der Waals surface area (Å²) in [5.74, 6) is 2.57. The second kappa shape index (κ2) is 10.7. The van der Waals surface area contributed by atoms with Gasteiger partial charge in [-0.3, -0.25) is 4.79 Å². The van der Waals surface area contributed by atoms with Gasteiger partial charge in [-0.05, 0) is 41.8 Å². The van der Waals surface area contributed by atoms with Crippen LogP contribution in [0.2, 0.25) is 0 Å². The van der Waals surface area contributed by atoms with Crippen LogP contribution in [0.4, 0.5) is 0 Å². The predicted octanol–water partition coefficient (Wildman–Crippen LogP) is 5.37. The van der Waals surface area contributed by atoms with Crippen molar-refractivity contribution in [2.75, 3.05) is 20.3 Å². The first kappa shape index (κ1) is 23.7. The molecule has 0 N–H and O–H groups in total. The fraction of sp³-hybridized carbons (Fsp3) is 0.267. The lowest BCUT2D eigenvalue weighted by molar-refractivity contribution is -0.128. The normalized spacial score (nSPS) is 15.4. The number of rotatable bonds is 10. The molecule has 1 saturated heterocycles. The lowest BCUT2D eigenvalue weighted by Crippen LogP contribution is -2.24. The van der Waals surface area contributed by atoms with Gasteiger partial charge in [-0.2, -0.15) is 0 Å². The lowest BCUT2D eigenvalue weighted by atomic mass is 10.1. The van der Waals surface area contributed by atoms with Gasteiger partial charge in [-0.15, -0.1) is 6.58 Å². The quantitative estimate of drug-likeness (QED) is 0.286. The van der Waals surface area contributed by atoms with Crippen molar-refractivity contribution < 1.29 is 14.3 Å². The number of aromatic nitrogens is 2. The maximum absolute atomic E-state index is 12.9. The summed E-state index contributed by atoms with van der Waals surface area (Å²) in [6, 6.07) is 24.2. The molecule has 0 radical (unpaired) electrons. The second-order valence-corrected chi connectivity index (χ2v) is 9.10. The van der Waals surface area contributed by atoms with Crippen molar-refractivity contribution in [2.24, 2.45) is 0 Å². The Morgan fingerprint density at radius 2 is 1.83 bits per heavy atom. The van der Waals surface area contributed by atoms with E-state index in [1.54, 1.807) is 7.11 Å². The van der Waals surface area contributed by atoms with E-state index in [0.717, 1.165) is 34.4 Å². The number of allylic oxidation sites excluding steroid dienone is 1. The summed E-state index contributed by atoms with van der Waals surface area (Å²) in [7, 11) is 1.65. The Labute approximate surface area is 211 Å². The number of hydrogen-bond donors (Lipinski definition) is 0. The molecule has 6 nitrogen and oxygen atoms in total. The summed E-state index contributed by atoms with van der Waals surface area (Å²) in [4.78, 5) is 19.8. The molecule has 0 saturated carbocycles. The number of imidazole rings is 1. The van der Waals surface area contributed by atoms with Crippen LogP contribution in [0.15, 0.2) is 85.5 Å². The van der Waals surface area contributed by atoms with Crippen LogP contribution in [0.5, 0.6) is 11.5 Å². The number of para-hydroxylation sites is 2. The molecule has 4 aromatic rings. The molecule has 1 amide bonds. The zero-order valence-corrected chi connectivity index (χ0v) is 20.6. The number of benzene rings is 3. The van der Waals surface area contributed by atoms with Crippen LogP contribution in [0.3, 0.4) is 0 Å². The van der Waals surface area contributed by atoms with Crippen molar-refractivity contribution in [1.82, 2.24) is 14.5 Å². The molecule has 5 rings (SSSR count). The van der Waals surface area contributed by atoms with E-state index >= 15 is 0 Å². The number of hydrogen-bond acceptors (Lipinski definition) is 4. The number of carbonyl (C=O) groups excluding carboxylic acids is 1. The standard InChI is InChI=1S/C30H31N3O3/c1-3-9-22-14-15-27(28(18-22)35-2)36-17-16-33-26-13-8-7-12-25(26)31-30(33)24-19-29(34)32(21-24)20-23-10-5-4-6-11-23/h3-8,10-15,18,24H,1,9,16-17,19-21H2,2H3/t24-/m0/s1. The van der Waals surface area contributed by atoms with Crippen LogP contribution >= 0.6 is 0 Å². The molecule has 36 heavy (non-hydrogen) atoms. The van der Waals surface area contributed by atoms with Crippen LogP contribution in [-0.2, 0) is 24.3 Å². The van der Waals surface area contributed by atoms with Crippen molar-refractivity contribution in [3.63, 3.8) is 0 Å². The number of carbonyl (C=O) groups is 1. The van der Waals surface area contributed by atoms with Gasteiger partial charge in [0.15, 0.2) is 11.5 Å². The Kier molecular flexibility index (Phi) is 7.03. The van der Waals surface area contributed by atoms with E-state index in [-0.39, 0.29) is 11.8 Å². The molecule has 1 aliphatic heterocycles. The molecule has 0 unspecified atom stereocenters. The molecule has 1 fully saturated rings. The second-order valence-electron chi connectivity index (χ2n) is 9.10. The monoisotopic (exact) mass is 481 g/mol. The minimum absolute atomic E-state index is 0.0429. The maximum atomic E-state index is 12.9. The van der Waals surface area contributed by atoms with Gasteiger partial charge in [0.05, 0.1) is 24.7 Å². The molecular formula is C30H31N3O3. The van der Waals surface area contributed by atoms with Crippen molar-refractivity contribution in [1.29, 1.82) is 0 Å². The van der Waals surface area contributed by atoms with E-state index < -0.39 is 0 Å². The van der Waals surface area contributed by atoms with Crippen molar-refractivity contribution >= 4 is 16.9 Å². The molecule has 1 aliphatic rings. The van der Waals surface area contributed by atoms with Gasteiger partial charge in [0.2, 0.25) is 5.91 Å². The van der Waals surface area contributed by atoms with Crippen LogP contribution in [0, 0.1) is 0 Å². The Hall–Kier alpha value is -4.06. The highest BCUT2D eigenvalue weighted by Gasteiger charge is 2.34. The Morgan fingerprint density at radius 3 is 2.64 bits per heavy atom. The van der Waals surface area contributed by atoms with Crippen molar-refractivity contribution in [2.45, 2.75) is 31.8 Å². The first-order valence-corrected chi connectivity index (χ1v) is 12.3. The Balaban J connectivity index is 1.34. The third-order valence-electron chi connectivity index (χ3n) is 6.66. The molecule has 6 heteroatoms. The number of amides is 1. The molecule has 0 bridgehead atoms. The molecule has 1 aromatic heterocycles. The maximum Gasteiger partial charge on any atom is 0.223 e. The smallest absolute Gasteiger partial charge is 0.223 e. The average Bonchev–Trinajstić information content (AvgIpc) is 3.45. The third-order valence-corrected chi connectivity index (χ3v) is 6.66. The summed E-state index contributed by atoms with van der Waals surface area (Å²) in [6.45, 7) is 6.17. The van der Waals surface area contributed by atoms with Gasteiger partial charge in [0.25, 0.3) is 0 Å². The highest BCUT2D eigenvalue weighted by Crippen LogP contribution is 2.32. The van der Waals surface area contributed by atoms with Crippen LogP contribution in [0.25, 0.3) is 11.0 Å². The topological polar surface area (TPSA) is 56.6 Å². The first-order valence-electron chi connectivity index (χ1n) is 12.3. The number of likely N-dealkylation sites (tertiary alicyclic amines) is 1. The average molecular weight is 482 g/mol. The van der Waals surface area contributed by atoms with Gasteiger partial charge < -0.3 is 18.9 Å². The van der Waals surface area contributed by atoms with E-state index in [4.69, 9.17) is 14.5 Å². The fourth-order valence-electron chi connectivity index (χ4n) is 4.91. The van der Waals surface area contributed by atoms with E-state index in [0.29, 0.717) is 44.2 Å². The van der Waals surface area contributed by atoms with Crippen LogP contribution in [0.1, 0.15) is 29.3 Å². The van der Waals surface area contributed by atoms with E-state index in [1.807, 2.05) is 65.6 Å². The molecule has 0 spiro atoms. The third kappa shape index (κ3) is 4.98. The van der Waals surface area contributed by atoms with Crippen LogP contribution < -0.4 is 9.47 Å². The Morgan fingerprint density at radius 1 is 1.03 bits per heavy atom. The lowest BCUT2D eigenvalue weighted by Gasteiger charge is -2.18. The molecule has 3 aromatic carbocycles. The predicted molar refractivity (Wildman–Crippen MR) is 141 cm³/mol. The fourth-order valence-corrected chi connectivity index (χ4v) is 4.91. The van der Waals surface area contributed by atoms with E-state index in [9.17, 15) is 4.79 Å². The largest absolute Gasteiger partial charge is 0.493 e. The van der Waals surface area contributed by atoms with Crippen LogP contribution in [-0.4, -0.2) is 40.6 Å². The number of nitrogens with zero attached hydrogens (tertiary/aromatic N) is 3. The first-order chi connectivity index (χ1) is 17.7. The van der Waals surface area contributed by atoms with Gasteiger partial charge in [-0.1, -0.05) is 54.6 Å². The number of methoxy groups -OCH3 is 1. The highest BCUT2D eigenvalue weighted by molar-refractivity contribution is 5.81. The van der Waals surface area contributed by atoms with Crippen molar-refractivity contribution in [3.05, 3.63) is 102 Å². The molecule has 1 atom stereocenters.